The van der Waals surface area contributed by atoms with Gasteiger partial charge in [0.2, 0.25) is 0 Å². The monoisotopic (exact) mass is 271 g/mol. The fourth-order valence-electron chi connectivity index (χ4n) is 2.02. The Morgan fingerprint density at radius 3 is 1.85 bits per heavy atom. The van der Waals surface area contributed by atoms with E-state index in [2.05, 4.69) is 10.2 Å². The molecule has 0 radical (unpaired) electrons. The minimum Gasteiger partial charge on any atom is -0.395 e. The Hall–Kier alpha value is -2.69. The average molecular weight is 271 g/mol. The largest absolute Gasteiger partial charge is 0.395 e. The minimum atomic E-state index is -0.318. The van der Waals surface area contributed by atoms with E-state index in [4.69, 9.17) is 5.73 Å². The van der Waals surface area contributed by atoms with Crippen LogP contribution in [0.2, 0.25) is 0 Å². The van der Waals surface area contributed by atoms with Crippen molar-refractivity contribution in [1.29, 1.82) is 0 Å². The van der Waals surface area contributed by atoms with E-state index in [9.17, 15) is 8.78 Å². The van der Waals surface area contributed by atoms with Crippen LogP contribution >= 0.6 is 0 Å². The molecule has 100 valence electrons. The zero-order chi connectivity index (χ0) is 14.1. The normalized spacial score (nSPS) is 10.7. The first kappa shape index (κ1) is 12.3. The van der Waals surface area contributed by atoms with Gasteiger partial charge in [0.05, 0.1) is 11.4 Å². The smallest absolute Gasteiger partial charge is 0.123 e. The van der Waals surface area contributed by atoms with Gasteiger partial charge in [-0.15, -0.1) is 0 Å². The number of benzene rings is 2. The van der Waals surface area contributed by atoms with Gasteiger partial charge in [0, 0.05) is 11.1 Å². The van der Waals surface area contributed by atoms with Gasteiger partial charge in [-0.25, -0.2) is 8.78 Å². The number of nitrogen functional groups attached to an aromatic ring is 1. The number of aromatic amines is 1. The summed E-state index contributed by atoms with van der Waals surface area (Å²) in [5, 5.41) is 6.98. The van der Waals surface area contributed by atoms with Gasteiger partial charge in [-0.1, -0.05) is 0 Å². The molecule has 1 aromatic heterocycles. The van der Waals surface area contributed by atoms with Crippen LogP contribution in [0.5, 0.6) is 0 Å². The van der Waals surface area contributed by atoms with Crippen LogP contribution in [0.25, 0.3) is 22.5 Å². The summed E-state index contributed by atoms with van der Waals surface area (Å²) in [6.07, 6.45) is 0. The number of hydrogen-bond acceptors (Lipinski definition) is 2. The fourth-order valence-corrected chi connectivity index (χ4v) is 2.02. The molecule has 3 nitrogen and oxygen atoms in total. The molecule has 2 aromatic carbocycles. The van der Waals surface area contributed by atoms with Gasteiger partial charge in [0.1, 0.15) is 17.3 Å². The summed E-state index contributed by atoms with van der Waals surface area (Å²) in [5.74, 6) is -0.632. The first-order valence-corrected chi connectivity index (χ1v) is 6.01. The standard InChI is InChI=1S/C15H11F2N3/c16-11-5-1-9(2-6-11)14-13(18)15(20-19-14)10-3-7-12(17)8-4-10/h1-8H,18H2,(H,19,20). The first-order chi connectivity index (χ1) is 9.65. The Morgan fingerprint density at radius 2 is 1.30 bits per heavy atom. The number of hydrogen-bond donors (Lipinski definition) is 2. The lowest BCUT2D eigenvalue weighted by Gasteiger charge is -2.01. The lowest BCUT2D eigenvalue weighted by molar-refractivity contribution is 0.627. The number of nitrogens with zero attached hydrogens (tertiary/aromatic N) is 1. The second-order valence-corrected chi connectivity index (χ2v) is 4.37. The van der Waals surface area contributed by atoms with Gasteiger partial charge in [-0.05, 0) is 48.5 Å². The van der Waals surface area contributed by atoms with E-state index in [-0.39, 0.29) is 11.6 Å². The predicted molar refractivity (Wildman–Crippen MR) is 73.8 cm³/mol. The van der Waals surface area contributed by atoms with Crippen molar-refractivity contribution in [2.45, 2.75) is 0 Å². The van der Waals surface area contributed by atoms with Crippen LogP contribution < -0.4 is 5.73 Å². The summed E-state index contributed by atoms with van der Waals surface area (Å²) >= 11 is 0. The highest BCUT2D eigenvalue weighted by atomic mass is 19.1. The topological polar surface area (TPSA) is 54.7 Å². The van der Waals surface area contributed by atoms with Gasteiger partial charge in [-0.2, -0.15) is 5.10 Å². The van der Waals surface area contributed by atoms with Gasteiger partial charge in [0.15, 0.2) is 0 Å². The van der Waals surface area contributed by atoms with Crippen molar-refractivity contribution < 1.29 is 8.78 Å². The molecule has 5 heteroatoms. The van der Waals surface area contributed by atoms with E-state index < -0.39 is 0 Å². The highest BCUT2D eigenvalue weighted by Gasteiger charge is 2.13. The summed E-state index contributed by atoms with van der Waals surface area (Å²) in [4.78, 5) is 0. The van der Waals surface area contributed by atoms with Crippen molar-refractivity contribution in [3.05, 3.63) is 60.2 Å². The third-order valence-electron chi connectivity index (χ3n) is 3.05. The van der Waals surface area contributed by atoms with Crippen LogP contribution in [-0.4, -0.2) is 10.2 Å². The summed E-state index contributed by atoms with van der Waals surface area (Å²) < 4.78 is 25.8. The Labute approximate surface area is 114 Å². The molecule has 0 spiro atoms. The second-order valence-electron chi connectivity index (χ2n) is 4.37. The van der Waals surface area contributed by atoms with Crippen molar-refractivity contribution in [1.82, 2.24) is 10.2 Å². The van der Waals surface area contributed by atoms with Crippen LogP contribution in [0.1, 0.15) is 0 Å². The highest BCUT2D eigenvalue weighted by molar-refractivity contribution is 5.84. The molecule has 1 heterocycles. The maximum absolute atomic E-state index is 12.9. The second kappa shape index (κ2) is 4.77. The molecule has 0 bridgehead atoms. The van der Waals surface area contributed by atoms with E-state index in [0.29, 0.717) is 22.6 Å². The maximum atomic E-state index is 12.9. The molecule has 0 saturated carbocycles. The Bertz CT molecular complexity index is 668. The maximum Gasteiger partial charge on any atom is 0.123 e. The fraction of sp³-hybridized carbons (Fsp3) is 0. The van der Waals surface area contributed by atoms with Gasteiger partial charge >= 0.3 is 0 Å². The molecular weight excluding hydrogens is 260 g/mol. The molecule has 0 unspecified atom stereocenters. The zero-order valence-electron chi connectivity index (χ0n) is 10.4. The molecular formula is C15H11F2N3. The molecule has 0 aliphatic heterocycles. The van der Waals surface area contributed by atoms with Crippen molar-refractivity contribution in [2.24, 2.45) is 0 Å². The van der Waals surface area contributed by atoms with E-state index in [1.54, 1.807) is 24.3 Å². The molecule has 0 fully saturated rings. The third kappa shape index (κ3) is 2.14. The third-order valence-corrected chi connectivity index (χ3v) is 3.05. The molecule has 0 aliphatic carbocycles. The first-order valence-electron chi connectivity index (χ1n) is 6.01. The van der Waals surface area contributed by atoms with Gasteiger partial charge in [-0.3, -0.25) is 5.10 Å². The molecule has 3 aromatic rings. The van der Waals surface area contributed by atoms with Gasteiger partial charge < -0.3 is 5.73 Å². The molecule has 0 aliphatic rings. The van der Waals surface area contributed by atoms with Crippen LogP contribution in [0.15, 0.2) is 48.5 Å². The number of halogens is 2. The van der Waals surface area contributed by atoms with Crippen LogP contribution in [-0.2, 0) is 0 Å². The van der Waals surface area contributed by atoms with Crippen LogP contribution in [0.3, 0.4) is 0 Å². The Morgan fingerprint density at radius 1 is 0.800 bits per heavy atom. The Kier molecular flexibility index (Phi) is 2.95. The van der Waals surface area contributed by atoms with E-state index >= 15 is 0 Å². The Balaban J connectivity index is 2.04. The van der Waals surface area contributed by atoms with Crippen LogP contribution in [0.4, 0.5) is 14.5 Å². The summed E-state index contributed by atoms with van der Waals surface area (Å²) in [6.45, 7) is 0. The van der Waals surface area contributed by atoms with Crippen molar-refractivity contribution in [3.8, 4) is 22.5 Å². The summed E-state index contributed by atoms with van der Waals surface area (Å²) in [7, 11) is 0. The number of nitrogens with one attached hydrogen (secondary N) is 1. The molecule has 3 N–H and O–H groups in total. The molecule has 0 amide bonds. The molecule has 3 rings (SSSR count). The molecule has 0 atom stereocenters. The molecule has 20 heavy (non-hydrogen) atoms. The number of aromatic nitrogens is 2. The quantitative estimate of drug-likeness (QED) is 0.748. The number of rotatable bonds is 2. The van der Waals surface area contributed by atoms with E-state index in [1.807, 2.05) is 0 Å². The number of nitrogens with two attached hydrogens (primary N) is 1. The SMILES string of the molecule is Nc1c(-c2ccc(F)cc2)n[nH]c1-c1ccc(F)cc1. The minimum absolute atomic E-state index is 0.314. The summed E-state index contributed by atoms with van der Waals surface area (Å²) in [6, 6.07) is 11.9. The van der Waals surface area contributed by atoms with Crippen molar-refractivity contribution >= 4 is 5.69 Å². The number of anilines is 1. The highest BCUT2D eigenvalue weighted by Crippen LogP contribution is 2.32. The van der Waals surface area contributed by atoms with Crippen LogP contribution in [0, 0.1) is 11.6 Å². The lowest BCUT2D eigenvalue weighted by Crippen LogP contribution is -1.90. The molecule has 0 saturated heterocycles. The van der Waals surface area contributed by atoms with E-state index in [1.165, 1.54) is 24.3 Å². The van der Waals surface area contributed by atoms with Gasteiger partial charge in [0.25, 0.3) is 0 Å². The predicted octanol–water partition coefficient (Wildman–Crippen LogP) is 3.60. The zero-order valence-corrected chi connectivity index (χ0v) is 10.4. The van der Waals surface area contributed by atoms with Crippen molar-refractivity contribution in [3.63, 3.8) is 0 Å². The lowest BCUT2D eigenvalue weighted by atomic mass is 10.1. The summed E-state index contributed by atoms with van der Waals surface area (Å²) in [5.41, 5.74) is 9.13. The van der Waals surface area contributed by atoms with E-state index in [0.717, 1.165) is 5.56 Å². The van der Waals surface area contributed by atoms with Crippen molar-refractivity contribution in [2.75, 3.05) is 5.73 Å². The number of H-pyrrole nitrogens is 1. The average Bonchev–Trinajstić information content (AvgIpc) is 2.83.